The zero-order valence-corrected chi connectivity index (χ0v) is 14.9. The summed E-state index contributed by atoms with van der Waals surface area (Å²) in [6.07, 6.45) is 1.88. The van der Waals surface area contributed by atoms with Crippen molar-refractivity contribution in [1.29, 1.82) is 0 Å². The smallest absolute Gasteiger partial charge is 0.363 e. The topological polar surface area (TPSA) is 65.0 Å². The molecule has 6 heteroatoms. The van der Waals surface area contributed by atoms with Crippen LogP contribution in [0.3, 0.4) is 0 Å². The molecule has 2 aromatic carbocycles. The van der Waals surface area contributed by atoms with Gasteiger partial charge in [0.25, 0.3) is 0 Å². The van der Waals surface area contributed by atoms with Gasteiger partial charge in [0.05, 0.1) is 0 Å². The lowest BCUT2D eigenvalue weighted by Crippen LogP contribution is -2.05. The molecule has 1 heterocycles. The van der Waals surface area contributed by atoms with Gasteiger partial charge in [-0.25, -0.2) is 9.79 Å². The number of rotatable bonds is 4. The lowest BCUT2D eigenvalue weighted by molar-refractivity contribution is -0.134. The van der Waals surface area contributed by atoms with E-state index in [2.05, 4.69) is 20.9 Å². The van der Waals surface area contributed by atoms with E-state index in [0.29, 0.717) is 23.3 Å². The number of benzene rings is 2. The number of carbonyl (C=O) groups is 2. The van der Waals surface area contributed by atoms with E-state index >= 15 is 0 Å². The lowest BCUT2D eigenvalue weighted by atomic mass is 10.2. The molecule has 0 aliphatic carbocycles. The van der Waals surface area contributed by atoms with Crippen molar-refractivity contribution in [1.82, 2.24) is 0 Å². The first-order valence-electron chi connectivity index (χ1n) is 7.64. The molecule has 0 saturated heterocycles. The van der Waals surface area contributed by atoms with E-state index in [9.17, 15) is 9.59 Å². The Morgan fingerprint density at radius 3 is 2.72 bits per heavy atom. The molecule has 0 bridgehead atoms. The second kappa shape index (κ2) is 7.44. The first kappa shape index (κ1) is 17.1. The first-order valence-corrected chi connectivity index (χ1v) is 8.43. The van der Waals surface area contributed by atoms with Crippen LogP contribution in [0, 0.1) is 0 Å². The van der Waals surface area contributed by atoms with Crippen LogP contribution in [0.1, 0.15) is 24.5 Å². The zero-order chi connectivity index (χ0) is 17.8. The highest BCUT2D eigenvalue weighted by atomic mass is 79.9. The maximum Gasteiger partial charge on any atom is 0.363 e. The van der Waals surface area contributed by atoms with Gasteiger partial charge in [0.1, 0.15) is 5.75 Å². The molecule has 2 aromatic rings. The number of aliphatic imine (C=N–C) groups is 1. The fourth-order valence-corrected chi connectivity index (χ4v) is 2.42. The van der Waals surface area contributed by atoms with Crippen LogP contribution >= 0.6 is 15.9 Å². The Morgan fingerprint density at radius 1 is 1.24 bits per heavy atom. The van der Waals surface area contributed by atoms with Gasteiger partial charge in [0.15, 0.2) is 5.70 Å². The summed E-state index contributed by atoms with van der Waals surface area (Å²) in [5.41, 5.74) is 1.59. The molecule has 0 unspecified atom stereocenters. The summed E-state index contributed by atoms with van der Waals surface area (Å²) in [5.74, 6) is -0.156. The monoisotopic (exact) mass is 399 g/mol. The Kier molecular flexibility index (Phi) is 5.09. The predicted octanol–water partition coefficient (Wildman–Crippen LogP) is 4.11. The summed E-state index contributed by atoms with van der Waals surface area (Å²) >= 11 is 3.36. The van der Waals surface area contributed by atoms with Gasteiger partial charge in [-0.15, -0.1) is 0 Å². The zero-order valence-electron chi connectivity index (χ0n) is 13.4. The second-order valence-electron chi connectivity index (χ2n) is 5.24. The Labute approximate surface area is 153 Å². The van der Waals surface area contributed by atoms with Crippen molar-refractivity contribution in [3.05, 3.63) is 69.8 Å². The summed E-state index contributed by atoms with van der Waals surface area (Å²) in [7, 11) is 0. The molecule has 0 saturated carbocycles. The highest BCUT2D eigenvalue weighted by molar-refractivity contribution is 9.10. The third-order valence-corrected chi connectivity index (χ3v) is 3.92. The van der Waals surface area contributed by atoms with Crippen molar-refractivity contribution >= 4 is 39.8 Å². The van der Waals surface area contributed by atoms with Crippen LogP contribution in [0.25, 0.3) is 6.08 Å². The summed E-state index contributed by atoms with van der Waals surface area (Å²) < 4.78 is 11.3. The van der Waals surface area contributed by atoms with Crippen LogP contribution in [0.4, 0.5) is 0 Å². The third kappa shape index (κ3) is 4.22. The van der Waals surface area contributed by atoms with E-state index in [1.54, 1.807) is 37.3 Å². The quantitative estimate of drug-likeness (QED) is 0.440. The molecule has 0 N–H and O–H groups in total. The number of carbonyl (C=O) groups excluding carboxylic acids is 2. The average Bonchev–Trinajstić information content (AvgIpc) is 2.96. The van der Waals surface area contributed by atoms with Crippen LogP contribution in [0.5, 0.6) is 5.75 Å². The minimum absolute atomic E-state index is 0.192. The van der Waals surface area contributed by atoms with Gasteiger partial charge in [-0.2, -0.15) is 0 Å². The fourth-order valence-electron chi connectivity index (χ4n) is 2.15. The van der Waals surface area contributed by atoms with E-state index in [-0.39, 0.29) is 17.6 Å². The van der Waals surface area contributed by atoms with E-state index in [1.165, 1.54) is 0 Å². The maximum absolute atomic E-state index is 12.0. The lowest BCUT2D eigenvalue weighted by Gasteiger charge is -2.03. The van der Waals surface area contributed by atoms with Crippen molar-refractivity contribution in [2.75, 3.05) is 0 Å². The Morgan fingerprint density at radius 2 is 2.00 bits per heavy atom. The fraction of sp³-hybridized carbons (Fsp3) is 0.105. The van der Waals surface area contributed by atoms with Gasteiger partial charge in [0, 0.05) is 16.5 Å². The van der Waals surface area contributed by atoms with Gasteiger partial charge in [-0.05, 0) is 48.0 Å². The molecular formula is C19H14BrNO4. The van der Waals surface area contributed by atoms with Gasteiger partial charge in [0.2, 0.25) is 5.90 Å². The first-order chi connectivity index (χ1) is 12.0. The van der Waals surface area contributed by atoms with E-state index < -0.39 is 5.97 Å². The molecule has 0 atom stereocenters. The van der Waals surface area contributed by atoms with Crippen molar-refractivity contribution in [3.8, 4) is 5.75 Å². The minimum Gasteiger partial charge on any atom is -0.427 e. The molecule has 1 aliphatic rings. The van der Waals surface area contributed by atoms with Gasteiger partial charge in [-0.1, -0.05) is 35.0 Å². The maximum atomic E-state index is 12.0. The molecule has 25 heavy (non-hydrogen) atoms. The van der Waals surface area contributed by atoms with Gasteiger partial charge < -0.3 is 9.47 Å². The molecule has 0 spiro atoms. The van der Waals surface area contributed by atoms with Crippen LogP contribution < -0.4 is 4.74 Å². The number of halogens is 1. The van der Waals surface area contributed by atoms with Crippen molar-refractivity contribution in [3.63, 3.8) is 0 Å². The highest BCUT2D eigenvalue weighted by Gasteiger charge is 2.24. The standard InChI is InChI=1S/C19H14BrNO4/c1-2-17(22)24-15-5-3-4-12(10-15)11-16-19(23)25-18(21-16)13-6-8-14(20)9-7-13/h3-11H,2H2,1H3/b16-11-. The van der Waals surface area contributed by atoms with Crippen LogP contribution in [-0.4, -0.2) is 17.8 Å². The number of nitrogens with zero attached hydrogens (tertiary/aromatic N) is 1. The number of hydrogen-bond acceptors (Lipinski definition) is 5. The average molecular weight is 400 g/mol. The molecule has 0 aromatic heterocycles. The normalized spacial score (nSPS) is 15.0. The van der Waals surface area contributed by atoms with Crippen LogP contribution in [0.15, 0.2) is 63.7 Å². The van der Waals surface area contributed by atoms with E-state index in [4.69, 9.17) is 9.47 Å². The Bertz CT molecular complexity index is 885. The molecule has 5 nitrogen and oxygen atoms in total. The molecule has 0 radical (unpaired) electrons. The van der Waals surface area contributed by atoms with Crippen LogP contribution in [-0.2, 0) is 14.3 Å². The summed E-state index contributed by atoms with van der Waals surface area (Å²) in [5, 5.41) is 0. The molecular weight excluding hydrogens is 386 g/mol. The SMILES string of the molecule is CCC(=O)Oc1cccc(/C=C2\N=C(c3ccc(Br)cc3)OC2=O)c1. The van der Waals surface area contributed by atoms with Crippen molar-refractivity contribution in [2.24, 2.45) is 4.99 Å². The van der Waals surface area contributed by atoms with Gasteiger partial charge >= 0.3 is 11.9 Å². The Hall–Kier alpha value is -2.73. The summed E-state index contributed by atoms with van der Waals surface area (Å²) in [4.78, 5) is 27.7. The summed E-state index contributed by atoms with van der Waals surface area (Å²) in [6.45, 7) is 1.72. The minimum atomic E-state index is -0.520. The molecule has 0 amide bonds. The number of esters is 2. The molecule has 1 aliphatic heterocycles. The van der Waals surface area contributed by atoms with Crippen LogP contribution in [0.2, 0.25) is 0 Å². The summed E-state index contributed by atoms with van der Waals surface area (Å²) in [6, 6.07) is 14.2. The second-order valence-corrected chi connectivity index (χ2v) is 6.16. The number of ether oxygens (including phenoxy) is 2. The third-order valence-electron chi connectivity index (χ3n) is 3.39. The molecule has 3 rings (SSSR count). The molecule has 126 valence electrons. The largest absolute Gasteiger partial charge is 0.427 e. The van der Waals surface area contributed by atoms with Crippen molar-refractivity contribution < 1.29 is 19.1 Å². The van der Waals surface area contributed by atoms with Gasteiger partial charge in [-0.3, -0.25) is 4.79 Å². The van der Waals surface area contributed by atoms with E-state index in [1.807, 2.05) is 24.3 Å². The predicted molar refractivity (Wildman–Crippen MR) is 97.1 cm³/mol. The highest BCUT2D eigenvalue weighted by Crippen LogP contribution is 2.22. The van der Waals surface area contributed by atoms with Crippen molar-refractivity contribution in [2.45, 2.75) is 13.3 Å². The number of cyclic esters (lactones) is 1. The Balaban J connectivity index is 1.85. The van der Waals surface area contributed by atoms with E-state index in [0.717, 1.165) is 4.47 Å². The number of hydrogen-bond donors (Lipinski definition) is 0. The molecule has 0 fully saturated rings.